The molecule has 0 radical (unpaired) electrons. The number of carbonyl (C=O) groups excluding carboxylic acids is 1. The van der Waals surface area contributed by atoms with Crippen molar-refractivity contribution in [2.24, 2.45) is 39.9 Å². The Morgan fingerprint density at radius 3 is 2.39 bits per heavy atom. The summed E-state index contributed by atoms with van der Waals surface area (Å²) in [6.07, 6.45) is 13.0. The molecule has 0 spiro atoms. The first-order valence-corrected chi connectivity index (χ1v) is 14.7. The Balaban J connectivity index is 1.36. The third kappa shape index (κ3) is 3.99. The predicted octanol–water partition coefficient (Wildman–Crippen LogP) is 7.34. The lowest BCUT2D eigenvalue weighted by Gasteiger charge is -2.54. The Bertz CT molecular complexity index is 996. The number of carbonyl (C=O) groups is 1. The smallest absolute Gasteiger partial charge is 0.251 e. The highest BCUT2D eigenvalue weighted by molar-refractivity contribution is 5.94. The molecule has 36 heavy (non-hydrogen) atoms. The first-order valence-electron chi connectivity index (χ1n) is 14.7. The van der Waals surface area contributed by atoms with Crippen LogP contribution in [0.1, 0.15) is 96.3 Å². The van der Waals surface area contributed by atoms with Crippen LogP contribution in [-0.2, 0) is 0 Å². The minimum absolute atomic E-state index is 0.0902. The van der Waals surface area contributed by atoms with Crippen LogP contribution in [0.4, 0.5) is 0 Å². The fourth-order valence-corrected chi connectivity index (χ4v) is 9.61. The summed E-state index contributed by atoms with van der Waals surface area (Å²) in [5.41, 5.74) is 3.49. The Hall–Kier alpha value is -1.61. The first-order chi connectivity index (χ1) is 17.0. The van der Waals surface area contributed by atoms with Gasteiger partial charge in [0, 0.05) is 17.6 Å². The second-order valence-corrected chi connectivity index (χ2v) is 14.2. The summed E-state index contributed by atoms with van der Waals surface area (Å²) in [6.45, 7) is 12.6. The number of fused-ring (bicyclic) bond motifs is 4. The molecular weight excluding hydrogens is 440 g/mol. The zero-order valence-electron chi connectivity index (χ0n) is 23.9. The molecule has 198 valence electrons. The molecule has 3 nitrogen and oxygen atoms in total. The number of nitrogens with one attached hydrogen (secondary N) is 1. The van der Waals surface area contributed by atoms with E-state index in [9.17, 15) is 4.79 Å². The van der Waals surface area contributed by atoms with Crippen molar-refractivity contribution in [2.75, 3.05) is 14.1 Å². The van der Waals surface area contributed by atoms with E-state index >= 15 is 0 Å². The Morgan fingerprint density at radius 2 is 1.69 bits per heavy atom. The maximum atomic E-state index is 13.0. The number of hydrogen-bond donors (Lipinski definition) is 1. The highest BCUT2D eigenvalue weighted by atomic mass is 16.1. The summed E-state index contributed by atoms with van der Waals surface area (Å²) in [5, 5.41) is 3.46. The average Bonchev–Trinajstić information content (AvgIpc) is 2.99. The average molecular weight is 491 g/mol. The molecular formula is C33H50N2O. The second kappa shape index (κ2) is 9.29. The molecule has 0 aromatic heterocycles. The van der Waals surface area contributed by atoms with E-state index < -0.39 is 0 Å². The van der Waals surface area contributed by atoms with Crippen molar-refractivity contribution >= 4 is 5.91 Å². The number of nitrogens with zero attached hydrogens (tertiary/aromatic N) is 1. The van der Waals surface area contributed by atoms with Crippen molar-refractivity contribution in [3.63, 3.8) is 0 Å². The van der Waals surface area contributed by atoms with Gasteiger partial charge in [0.1, 0.15) is 0 Å². The van der Waals surface area contributed by atoms with Crippen LogP contribution >= 0.6 is 0 Å². The Morgan fingerprint density at radius 1 is 0.972 bits per heavy atom. The number of allylic oxidation sites excluding steroid dienone is 2. The summed E-state index contributed by atoms with van der Waals surface area (Å²) in [7, 11) is 4.53. The molecule has 5 rings (SSSR count). The summed E-state index contributed by atoms with van der Waals surface area (Å²) < 4.78 is 0. The molecule has 0 unspecified atom stereocenters. The predicted molar refractivity (Wildman–Crippen MR) is 150 cm³/mol. The third-order valence-electron chi connectivity index (χ3n) is 12.4. The topological polar surface area (TPSA) is 32.3 Å². The van der Waals surface area contributed by atoms with Crippen LogP contribution in [0.5, 0.6) is 0 Å². The summed E-state index contributed by atoms with van der Waals surface area (Å²) in [6, 6.07) is 10.6. The lowest BCUT2D eigenvalue weighted by Crippen LogP contribution is -2.53. The van der Waals surface area contributed by atoms with Crippen LogP contribution in [0.15, 0.2) is 42.0 Å². The van der Waals surface area contributed by atoms with Gasteiger partial charge in [-0.15, -0.1) is 0 Å². The number of benzene rings is 1. The third-order valence-corrected chi connectivity index (χ3v) is 12.4. The van der Waals surface area contributed by atoms with E-state index in [1.807, 2.05) is 30.3 Å². The van der Waals surface area contributed by atoms with Gasteiger partial charge >= 0.3 is 0 Å². The molecule has 8 atom stereocenters. The van der Waals surface area contributed by atoms with E-state index in [2.05, 4.69) is 65.0 Å². The monoisotopic (exact) mass is 490 g/mol. The second-order valence-electron chi connectivity index (χ2n) is 14.2. The van der Waals surface area contributed by atoms with Gasteiger partial charge in [0.05, 0.1) is 0 Å². The van der Waals surface area contributed by atoms with Crippen LogP contribution < -0.4 is 5.32 Å². The number of amides is 1. The van der Waals surface area contributed by atoms with Gasteiger partial charge in [0.25, 0.3) is 5.91 Å². The van der Waals surface area contributed by atoms with E-state index in [4.69, 9.17) is 0 Å². The van der Waals surface area contributed by atoms with Crippen molar-refractivity contribution in [1.82, 2.24) is 10.2 Å². The summed E-state index contributed by atoms with van der Waals surface area (Å²) in [4.78, 5) is 15.5. The van der Waals surface area contributed by atoms with Crippen LogP contribution in [0, 0.1) is 39.9 Å². The van der Waals surface area contributed by atoms with Crippen LogP contribution in [0.3, 0.4) is 0 Å². The molecule has 0 heterocycles. The van der Waals surface area contributed by atoms with E-state index in [1.165, 1.54) is 44.9 Å². The summed E-state index contributed by atoms with van der Waals surface area (Å²) >= 11 is 0. The SMILES string of the molecule is C[C@@H]([C@H]1CC[C@@]2(C)[C@@H]3CC[C@@H]4[C@@H](CC[C@H](NC(=O)c5ccccc5)C4(C)C)CC3=CC[C@]12C)N(C)C. The molecule has 0 aliphatic heterocycles. The van der Waals surface area contributed by atoms with Crippen molar-refractivity contribution in [1.29, 1.82) is 0 Å². The number of hydrogen-bond acceptors (Lipinski definition) is 2. The summed E-state index contributed by atoms with van der Waals surface area (Å²) in [5.74, 6) is 3.02. The molecule has 3 saturated carbocycles. The van der Waals surface area contributed by atoms with Crippen LogP contribution in [0.25, 0.3) is 0 Å². The molecule has 1 aromatic rings. The highest BCUT2D eigenvalue weighted by Crippen LogP contribution is 2.68. The van der Waals surface area contributed by atoms with Crippen LogP contribution in [0.2, 0.25) is 0 Å². The van der Waals surface area contributed by atoms with Gasteiger partial charge in [-0.3, -0.25) is 4.79 Å². The van der Waals surface area contributed by atoms with Crippen molar-refractivity contribution in [3.05, 3.63) is 47.5 Å². The minimum Gasteiger partial charge on any atom is -0.349 e. The lowest BCUT2D eigenvalue weighted by atomic mass is 9.51. The fourth-order valence-electron chi connectivity index (χ4n) is 9.61. The molecule has 1 N–H and O–H groups in total. The maximum Gasteiger partial charge on any atom is 0.251 e. The molecule has 0 saturated heterocycles. The fraction of sp³-hybridized carbons (Fsp3) is 0.727. The van der Waals surface area contributed by atoms with E-state index in [-0.39, 0.29) is 17.4 Å². The highest BCUT2D eigenvalue weighted by Gasteiger charge is 2.61. The van der Waals surface area contributed by atoms with Gasteiger partial charge in [-0.05, 0) is 124 Å². The van der Waals surface area contributed by atoms with Crippen molar-refractivity contribution < 1.29 is 4.79 Å². The lowest BCUT2D eigenvalue weighted by molar-refractivity contribution is -0.0127. The maximum absolute atomic E-state index is 13.0. The minimum atomic E-state index is 0.0902. The van der Waals surface area contributed by atoms with E-state index in [0.717, 1.165) is 29.7 Å². The molecule has 3 fully saturated rings. The van der Waals surface area contributed by atoms with Crippen molar-refractivity contribution in [3.8, 4) is 0 Å². The number of rotatable bonds is 4. The van der Waals surface area contributed by atoms with Crippen LogP contribution in [-0.4, -0.2) is 37.0 Å². The molecule has 3 heteroatoms. The normalized spacial score (nSPS) is 40.3. The van der Waals surface area contributed by atoms with Crippen molar-refractivity contribution in [2.45, 2.75) is 98.1 Å². The van der Waals surface area contributed by atoms with Gasteiger partial charge in [-0.1, -0.05) is 57.5 Å². The Kier molecular flexibility index (Phi) is 6.72. The standard InChI is InChI=1S/C33H50N2O/c1-22(35(6)7)26-18-20-33(5)28-15-14-27-24(21-25(28)17-19-32(26,33)4)13-16-29(31(27,2)3)34-30(36)23-11-9-8-10-12-23/h8-12,17,22,24,26-29H,13-16,18-21H2,1-7H3,(H,34,36)/t22-,24-,26+,27+,28+,29-,32+,33-/m0/s1. The quantitative estimate of drug-likeness (QED) is 0.448. The first kappa shape index (κ1) is 26.0. The van der Waals surface area contributed by atoms with E-state index in [1.54, 1.807) is 5.57 Å². The van der Waals surface area contributed by atoms with E-state index in [0.29, 0.717) is 22.8 Å². The molecule has 1 amide bonds. The van der Waals surface area contributed by atoms with Gasteiger partial charge in [0.15, 0.2) is 0 Å². The van der Waals surface area contributed by atoms with Gasteiger partial charge in [0.2, 0.25) is 0 Å². The molecule has 0 bridgehead atoms. The van der Waals surface area contributed by atoms with Gasteiger partial charge in [-0.25, -0.2) is 0 Å². The van der Waals surface area contributed by atoms with Gasteiger partial charge < -0.3 is 10.2 Å². The zero-order chi connectivity index (χ0) is 25.9. The van der Waals surface area contributed by atoms with Gasteiger partial charge in [-0.2, -0.15) is 0 Å². The Labute approximate surface area is 220 Å². The largest absolute Gasteiger partial charge is 0.349 e. The zero-order valence-corrected chi connectivity index (χ0v) is 23.9. The molecule has 1 aromatic carbocycles. The molecule has 4 aliphatic carbocycles. The molecule has 4 aliphatic rings.